The van der Waals surface area contributed by atoms with Gasteiger partial charge in [-0.25, -0.2) is 4.99 Å². The number of thioether (sulfide) groups is 1. The van der Waals surface area contributed by atoms with Gasteiger partial charge in [0.25, 0.3) is 5.91 Å². The summed E-state index contributed by atoms with van der Waals surface area (Å²) >= 11 is 1.28. The van der Waals surface area contributed by atoms with Crippen LogP contribution in [0.4, 0.5) is 5.69 Å². The average Bonchev–Trinajstić information content (AvgIpc) is 3.20. The molecule has 0 spiro atoms. The number of aromatic hydroxyl groups is 1. The van der Waals surface area contributed by atoms with Crippen LogP contribution in [0.3, 0.4) is 0 Å². The minimum Gasteiger partial charge on any atom is -0.508 e. The molecule has 0 radical (unpaired) electrons. The summed E-state index contributed by atoms with van der Waals surface area (Å²) in [7, 11) is 1.65. The third-order valence-corrected chi connectivity index (χ3v) is 5.71. The maximum Gasteiger partial charge on any atom is 0.264 e. The van der Waals surface area contributed by atoms with Crippen LogP contribution in [0, 0.1) is 13.8 Å². The predicted octanol–water partition coefficient (Wildman–Crippen LogP) is 4.70. The Bertz CT molecular complexity index is 1180. The van der Waals surface area contributed by atoms with E-state index in [1.54, 1.807) is 31.4 Å². The first-order chi connectivity index (χ1) is 14.4. The van der Waals surface area contributed by atoms with E-state index in [1.807, 2.05) is 44.2 Å². The molecule has 152 valence electrons. The molecule has 2 heterocycles. The Hall–Kier alpha value is -3.45. The number of rotatable bonds is 4. The lowest BCUT2D eigenvalue weighted by Crippen LogP contribution is -2.19. The monoisotopic (exact) mass is 419 g/mol. The number of methoxy groups -OCH3 is 1. The topological polar surface area (TPSA) is 75.8 Å². The number of carbonyl (C=O) groups is 1. The van der Waals surface area contributed by atoms with Crippen molar-refractivity contribution < 1.29 is 14.6 Å². The van der Waals surface area contributed by atoms with Crippen molar-refractivity contribution in [1.82, 2.24) is 9.88 Å². The molecule has 0 unspecified atom stereocenters. The summed E-state index contributed by atoms with van der Waals surface area (Å²) in [6.45, 7) is 4.07. The molecule has 1 saturated heterocycles. The molecular weight excluding hydrogens is 398 g/mol. The number of nitrogens with one attached hydrogen (secondary N) is 1. The van der Waals surface area contributed by atoms with Crippen molar-refractivity contribution in [3.05, 3.63) is 76.5 Å². The molecule has 1 aliphatic heterocycles. The lowest BCUT2D eigenvalue weighted by Gasteiger charge is -2.10. The molecule has 1 fully saturated rings. The normalized spacial score (nSPS) is 16.3. The fraction of sp³-hybridized carbons (Fsp3) is 0.130. The highest BCUT2D eigenvalue weighted by Gasteiger charge is 2.24. The number of nitrogens with zero attached hydrogens (tertiary/aromatic N) is 2. The van der Waals surface area contributed by atoms with Gasteiger partial charge in [-0.1, -0.05) is 6.07 Å². The molecule has 7 heteroatoms. The third-order valence-electron chi connectivity index (χ3n) is 4.80. The standard InChI is InChI=1S/C23H21N3O3S/c1-14-11-16(15(2)26(14)18-7-9-20(29-3)10-8-18)12-21-22(28)25-23(30-21)24-17-5-4-6-19(27)13-17/h4-13,27H,1-3H3,(H,24,25,28)/b21-12-. The zero-order valence-electron chi connectivity index (χ0n) is 16.8. The Morgan fingerprint density at radius 2 is 1.90 bits per heavy atom. The molecule has 1 amide bonds. The highest BCUT2D eigenvalue weighted by atomic mass is 32.2. The van der Waals surface area contributed by atoms with Crippen molar-refractivity contribution in [2.24, 2.45) is 4.99 Å². The smallest absolute Gasteiger partial charge is 0.264 e. The first-order valence-electron chi connectivity index (χ1n) is 9.36. The van der Waals surface area contributed by atoms with Crippen molar-refractivity contribution in [3.8, 4) is 17.2 Å². The van der Waals surface area contributed by atoms with Gasteiger partial charge in [-0.3, -0.25) is 4.79 Å². The Kier molecular flexibility index (Phi) is 5.37. The first kappa shape index (κ1) is 19.8. The number of aryl methyl sites for hydroxylation is 1. The summed E-state index contributed by atoms with van der Waals surface area (Å²) < 4.78 is 7.38. The summed E-state index contributed by atoms with van der Waals surface area (Å²) in [6.07, 6.45) is 1.88. The maximum atomic E-state index is 12.4. The molecule has 6 nitrogen and oxygen atoms in total. The second kappa shape index (κ2) is 8.12. The van der Waals surface area contributed by atoms with Crippen LogP contribution in [-0.4, -0.2) is 27.9 Å². The number of ether oxygens (including phenoxy) is 1. The first-order valence-corrected chi connectivity index (χ1v) is 10.2. The highest BCUT2D eigenvalue weighted by molar-refractivity contribution is 8.18. The summed E-state index contributed by atoms with van der Waals surface area (Å²) in [6, 6.07) is 16.5. The number of amidine groups is 1. The zero-order chi connectivity index (χ0) is 21.3. The van der Waals surface area contributed by atoms with Gasteiger partial charge < -0.3 is 19.7 Å². The second-order valence-electron chi connectivity index (χ2n) is 6.86. The molecule has 0 aliphatic carbocycles. The molecule has 2 aromatic carbocycles. The quantitative estimate of drug-likeness (QED) is 0.601. The molecule has 1 aromatic heterocycles. The molecule has 2 N–H and O–H groups in total. The van der Waals surface area contributed by atoms with Crippen molar-refractivity contribution in [3.63, 3.8) is 0 Å². The number of aliphatic imine (C=N–C) groups is 1. The fourth-order valence-corrected chi connectivity index (χ4v) is 4.20. The van der Waals surface area contributed by atoms with Gasteiger partial charge in [0, 0.05) is 23.1 Å². The van der Waals surface area contributed by atoms with E-state index in [2.05, 4.69) is 20.9 Å². The molecule has 4 rings (SSSR count). The summed E-state index contributed by atoms with van der Waals surface area (Å²) in [5.41, 5.74) is 4.69. The summed E-state index contributed by atoms with van der Waals surface area (Å²) in [5, 5.41) is 12.9. The zero-order valence-corrected chi connectivity index (χ0v) is 17.7. The van der Waals surface area contributed by atoms with Crippen molar-refractivity contribution in [2.45, 2.75) is 13.8 Å². The van der Waals surface area contributed by atoms with E-state index in [9.17, 15) is 9.90 Å². The molecule has 3 aromatic rings. The van der Waals surface area contributed by atoms with E-state index in [1.165, 1.54) is 11.8 Å². The number of phenols is 1. The van der Waals surface area contributed by atoms with E-state index >= 15 is 0 Å². The molecule has 0 bridgehead atoms. The molecule has 30 heavy (non-hydrogen) atoms. The average molecular weight is 420 g/mol. The fourth-order valence-electron chi connectivity index (χ4n) is 3.36. The van der Waals surface area contributed by atoms with Crippen LogP contribution in [0.15, 0.2) is 64.5 Å². The Morgan fingerprint density at radius 3 is 2.60 bits per heavy atom. The van der Waals surface area contributed by atoms with Gasteiger partial charge >= 0.3 is 0 Å². The lowest BCUT2D eigenvalue weighted by atomic mass is 10.2. The van der Waals surface area contributed by atoms with E-state index in [4.69, 9.17) is 4.74 Å². The third kappa shape index (κ3) is 3.97. The van der Waals surface area contributed by atoms with Gasteiger partial charge in [0.2, 0.25) is 0 Å². The maximum absolute atomic E-state index is 12.4. The second-order valence-corrected chi connectivity index (χ2v) is 7.89. The van der Waals surface area contributed by atoms with Crippen molar-refractivity contribution in [2.75, 3.05) is 7.11 Å². The van der Waals surface area contributed by atoms with Crippen LogP contribution < -0.4 is 10.1 Å². The number of benzene rings is 2. The van der Waals surface area contributed by atoms with Gasteiger partial charge in [-0.15, -0.1) is 0 Å². The number of phenolic OH excluding ortho intramolecular Hbond substituents is 1. The van der Waals surface area contributed by atoms with Crippen LogP contribution in [-0.2, 0) is 4.79 Å². The predicted molar refractivity (Wildman–Crippen MR) is 121 cm³/mol. The van der Waals surface area contributed by atoms with Gasteiger partial charge in [0.15, 0.2) is 5.17 Å². The van der Waals surface area contributed by atoms with Gasteiger partial charge in [-0.2, -0.15) is 0 Å². The minimum atomic E-state index is -0.187. The van der Waals surface area contributed by atoms with Crippen molar-refractivity contribution >= 4 is 34.6 Å². The number of aromatic nitrogens is 1. The van der Waals surface area contributed by atoms with Crippen molar-refractivity contribution in [1.29, 1.82) is 0 Å². The molecule has 0 saturated carbocycles. The highest BCUT2D eigenvalue weighted by Crippen LogP contribution is 2.31. The largest absolute Gasteiger partial charge is 0.508 e. The van der Waals surface area contributed by atoms with Crippen LogP contribution in [0.5, 0.6) is 11.5 Å². The van der Waals surface area contributed by atoms with E-state index in [0.29, 0.717) is 15.8 Å². The van der Waals surface area contributed by atoms with E-state index in [0.717, 1.165) is 28.4 Å². The number of carbonyl (C=O) groups excluding carboxylic acids is 1. The molecule has 0 atom stereocenters. The summed E-state index contributed by atoms with van der Waals surface area (Å²) in [5.74, 6) is 0.752. The Balaban J connectivity index is 1.62. The number of hydrogen-bond acceptors (Lipinski definition) is 5. The van der Waals surface area contributed by atoms with Gasteiger partial charge in [0.1, 0.15) is 11.5 Å². The van der Waals surface area contributed by atoms with Gasteiger partial charge in [-0.05, 0) is 79.7 Å². The summed E-state index contributed by atoms with van der Waals surface area (Å²) in [4.78, 5) is 17.4. The lowest BCUT2D eigenvalue weighted by molar-refractivity contribution is -0.115. The molecular formula is C23H21N3O3S. The number of hydrogen-bond donors (Lipinski definition) is 2. The van der Waals surface area contributed by atoms with E-state index < -0.39 is 0 Å². The SMILES string of the molecule is COc1ccc(-n2c(C)cc(/C=C3\SC(=Nc4cccc(O)c4)NC3=O)c2C)cc1. The minimum absolute atomic E-state index is 0.132. The van der Waals surface area contributed by atoms with Crippen LogP contribution >= 0.6 is 11.8 Å². The molecule has 1 aliphatic rings. The van der Waals surface area contributed by atoms with Gasteiger partial charge in [0.05, 0.1) is 17.7 Å². The Labute approximate surface area is 178 Å². The van der Waals surface area contributed by atoms with E-state index in [-0.39, 0.29) is 11.7 Å². The van der Waals surface area contributed by atoms with Crippen LogP contribution in [0.1, 0.15) is 17.0 Å². The van der Waals surface area contributed by atoms with Crippen LogP contribution in [0.25, 0.3) is 11.8 Å². The van der Waals surface area contributed by atoms with Crippen LogP contribution in [0.2, 0.25) is 0 Å². The Morgan fingerprint density at radius 1 is 1.13 bits per heavy atom. The number of amides is 1.